The number of nitrogens with one attached hydrogen (secondary N) is 2. The number of likely N-dealkylation sites (tertiary alicyclic amines) is 1. The number of aliphatic hydroxyl groups excluding tert-OH is 1. The van der Waals surface area contributed by atoms with E-state index in [0.717, 1.165) is 6.42 Å². The number of hydrogen-bond acceptors (Lipinski definition) is 5. The molecule has 3 heterocycles. The van der Waals surface area contributed by atoms with E-state index in [-0.39, 0.29) is 42.0 Å². The number of benzene rings is 1. The highest BCUT2D eigenvalue weighted by Gasteiger charge is 2.75. The van der Waals surface area contributed by atoms with Crippen LogP contribution in [0.25, 0.3) is 0 Å². The lowest BCUT2D eigenvalue weighted by Gasteiger charge is -2.38. The second-order valence-electron chi connectivity index (χ2n) is 8.27. The Hall–Kier alpha value is -1.77. The van der Waals surface area contributed by atoms with E-state index in [1.54, 1.807) is 48.0 Å². The minimum absolute atomic E-state index is 0.0275. The van der Waals surface area contributed by atoms with E-state index in [9.17, 15) is 19.5 Å². The number of anilines is 1. The highest BCUT2D eigenvalue weighted by atomic mass is 35.5. The molecule has 7 nitrogen and oxygen atoms in total. The summed E-state index contributed by atoms with van der Waals surface area (Å²) in [7, 11) is 1.59. The molecule has 3 aliphatic heterocycles. The summed E-state index contributed by atoms with van der Waals surface area (Å²) in [6.45, 7) is 2.29. The number of fused-ring (bicyclic) bond motifs is 1. The average Bonchev–Trinajstić information content (AvgIpc) is 3.31. The molecular weight excluding hydrogens is 426 g/mol. The maximum Gasteiger partial charge on any atom is 0.248 e. The molecule has 3 aliphatic rings. The first-order valence-electron chi connectivity index (χ1n) is 10.2. The molecule has 4 rings (SSSR count). The van der Waals surface area contributed by atoms with Gasteiger partial charge in [0, 0.05) is 36.2 Å². The average molecular weight is 452 g/mol. The molecule has 1 aromatic carbocycles. The minimum atomic E-state index is -0.697. The van der Waals surface area contributed by atoms with Gasteiger partial charge in [-0.2, -0.15) is 0 Å². The number of aliphatic hydroxyl groups is 1. The van der Waals surface area contributed by atoms with Gasteiger partial charge in [0.1, 0.15) is 6.04 Å². The SMILES string of the molecule is CNC(=O)[C@@H]1[C@H]2C(=O)N(CCCO)C(C(=O)Nc3ccc(Cl)cc3)C23S[C@@H]1CC3C. The van der Waals surface area contributed by atoms with Gasteiger partial charge in [-0.05, 0) is 43.0 Å². The lowest BCUT2D eigenvalue weighted by Crippen LogP contribution is -2.55. The van der Waals surface area contributed by atoms with Gasteiger partial charge in [-0.1, -0.05) is 18.5 Å². The Balaban J connectivity index is 1.72. The Morgan fingerprint density at radius 3 is 2.63 bits per heavy atom. The predicted molar refractivity (Wildman–Crippen MR) is 116 cm³/mol. The third kappa shape index (κ3) is 3.11. The minimum Gasteiger partial charge on any atom is -0.396 e. The van der Waals surface area contributed by atoms with Gasteiger partial charge in [0.2, 0.25) is 17.7 Å². The van der Waals surface area contributed by atoms with Crippen molar-refractivity contribution in [3.63, 3.8) is 0 Å². The van der Waals surface area contributed by atoms with E-state index >= 15 is 0 Å². The summed E-state index contributed by atoms with van der Waals surface area (Å²) >= 11 is 7.58. The molecule has 3 saturated heterocycles. The number of halogens is 1. The lowest BCUT2D eigenvalue weighted by atomic mass is 9.66. The largest absolute Gasteiger partial charge is 0.396 e. The molecule has 3 amide bonds. The Morgan fingerprint density at radius 1 is 1.30 bits per heavy atom. The van der Waals surface area contributed by atoms with Gasteiger partial charge in [-0.15, -0.1) is 11.8 Å². The highest BCUT2D eigenvalue weighted by molar-refractivity contribution is 8.02. The van der Waals surface area contributed by atoms with Crippen LogP contribution in [0.4, 0.5) is 5.69 Å². The van der Waals surface area contributed by atoms with Gasteiger partial charge in [0.15, 0.2) is 0 Å². The van der Waals surface area contributed by atoms with E-state index in [1.165, 1.54) is 0 Å². The van der Waals surface area contributed by atoms with E-state index in [2.05, 4.69) is 17.6 Å². The Kier molecular flexibility index (Phi) is 5.76. The third-order valence-corrected chi connectivity index (χ3v) is 9.04. The van der Waals surface area contributed by atoms with Gasteiger partial charge in [0.25, 0.3) is 0 Å². The zero-order valence-corrected chi connectivity index (χ0v) is 18.5. The number of thioether (sulfide) groups is 1. The van der Waals surface area contributed by atoms with Gasteiger partial charge < -0.3 is 20.6 Å². The van der Waals surface area contributed by atoms with Gasteiger partial charge >= 0.3 is 0 Å². The lowest BCUT2D eigenvalue weighted by molar-refractivity contribution is -0.139. The first-order chi connectivity index (χ1) is 14.3. The van der Waals surface area contributed by atoms with Crippen LogP contribution in [-0.2, 0) is 14.4 Å². The maximum absolute atomic E-state index is 13.5. The summed E-state index contributed by atoms with van der Waals surface area (Å²) in [4.78, 5) is 41.3. The van der Waals surface area contributed by atoms with Crippen LogP contribution < -0.4 is 10.6 Å². The fourth-order valence-electron chi connectivity index (χ4n) is 5.51. The molecule has 9 heteroatoms. The van der Waals surface area contributed by atoms with Crippen molar-refractivity contribution < 1.29 is 19.5 Å². The number of nitrogens with zero attached hydrogens (tertiary/aromatic N) is 1. The van der Waals surface area contributed by atoms with Crippen molar-refractivity contribution in [2.45, 2.75) is 35.8 Å². The van der Waals surface area contributed by atoms with Crippen molar-refractivity contribution in [1.82, 2.24) is 10.2 Å². The first kappa shape index (κ1) is 21.5. The topological polar surface area (TPSA) is 98.7 Å². The monoisotopic (exact) mass is 451 g/mol. The molecule has 0 aromatic heterocycles. The summed E-state index contributed by atoms with van der Waals surface area (Å²) in [6, 6.07) is 6.14. The molecule has 0 aliphatic carbocycles. The fraction of sp³-hybridized carbons (Fsp3) is 0.571. The molecule has 6 atom stereocenters. The van der Waals surface area contributed by atoms with Crippen LogP contribution in [0, 0.1) is 17.8 Å². The van der Waals surface area contributed by atoms with Crippen molar-refractivity contribution in [2.75, 3.05) is 25.5 Å². The van der Waals surface area contributed by atoms with Crippen LogP contribution >= 0.6 is 23.4 Å². The second kappa shape index (κ2) is 8.05. The molecule has 1 aromatic rings. The highest BCUT2D eigenvalue weighted by Crippen LogP contribution is 2.68. The van der Waals surface area contributed by atoms with E-state index < -0.39 is 22.6 Å². The van der Waals surface area contributed by atoms with Gasteiger partial charge in [-0.3, -0.25) is 14.4 Å². The van der Waals surface area contributed by atoms with Crippen LogP contribution in [0.1, 0.15) is 19.8 Å². The van der Waals surface area contributed by atoms with E-state index in [0.29, 0.717) is 17.1 Å². The van der Waals surface area contributed by atoms with E-state index in [1.807, 2.05) is 0 Å². The zero-order valence-electron chi connectivity index (χ0n) is 16.9. The van der Waals surface area contributed by atoms with Crippen LogP contribution in [0.15, 0.2) is 24.3 Å². The van der Waals surface area contributed by atoms with Crippen LogP contribution in [-0.4, -0.2) is 64.0 Å². The van der Waals surface area contributed by atoms with Gasteiger partial charge in [-0.25, -0.2) is 0 Å². The van der Waals surface area contributed by atoms with Crippen LogP contribution in [0.3, 0.4) is 0 Å². The normalized spacial score (nSPS) is 34.2. The molecule has 30 heavy (non-hydrogen) atoms. The standard InChI is InChI=1S/C21H26ClN3O4S/c1-11-10-14-15(18(27)23-2)16-20(29)25(8-3-9-26)17(21(11,16)30-14)19(28)24-13-6-4-12(22)5-7-13/h4-7,11,14-17,26H,3,8-10H2,1-2H3,(H,23,27)(H,24,28)/t11?,14-,15+,16+,17?,21?/m1/s1. The van der Waals surface area contributed by atoms with Crippen molar-refractivity contribution >= 4 is 46.8 Å². The molecule has 1 spiro atoms. The smallest absolute Gasteiger partial charge is 0.248 e. The summed E-state index contributed by atoms with van der Waals surface area (Å²) in [5, 5.41) is 15.6. The molecule has 3 N–H and O–H groups in total. The summed E-state index contributed by atoms with van der Waals surface area (Å²) in [5.41, 5.74) is 0.604. The fourth-order valence-corrected chi connectivity index (χ4v) is 8.06. The molecular formula is C21H26ClN3O4S. The second-order valence-corrected chi connectivity index (χ2v) is 10.3. The maximum atomic E-state index is 13.5. The van der Waals surface area contributed by atoms with Crippen LogP contribution in [0.5, 0.6) is 0 Å². The zero-order chi connectivity index (χ0) is 21.6. The molecule has 0 saturated carbocycles. The van der Waals surface area contributed by atoms with Crippen molar-refractivity contribution in [3.8, 4) is 0 Å². The van der Waals surface area contributed by atoms with E-state index in [4.69, 9.17) is 11.6 Å². The van der Waals surface area contributed by atoms with Gasteiger partial charge in [0.05, 0.1) is 16.6 Å². The number of carbonyl (C=O) groups is 3. The molecule has 3 fully saturated rings. The van der Waals surface area contributed by atoms with Crippen molar-refractivity contribution in [3.05, 3.63) is 29.3 Å². The summed E-state index contributed by atoms with van der Waals surface area (Å²) in [6.07, 6.45) is 1.18. The summed E-state index contributed by atoms with van der Waals surface area (Å²) < 4.78 is -0.648. The summed E-state index contributed by atoms with van der Waals surface area (Å²) in [5.74, 6) is -1.41. The third-order valence-electron chi connectivity index (χ3n) is 6.71. The molecule has 162 valence electrons. The van der Waals surface area contributed by atoms with Crippen molar-refractivity contribution in [1.29, 1.82) is 0 Å². The number of carbonyl (C=O) groups excluding carboxylic acids is 3. The Morgan fingerprint density at radius 2 is 2.00 bits per heavy atom. The van der Waals surface area contributed by atoms with Crippen LogP contribution in [0.2, 0.25) is 5.02 Å². The predicted octanol–water partition coefficient (Wildman–Crippen LogP) is 1.74. The number of hydrogen-bond donors (Lipinski definition) is 3. The first-order valence-corrected chi connectivity index (χ1v) is 11.5. The van der Waals surface area contributed by atoms with Crippen molar-refractivity contribution in [2.24, 2.45) is 17.8 Å². The number of rotatable bonds is 6. The quantitative estimate of drug-likeness (QED) is 0.612. The molecule has 3 unspecified atom stereocenters. The Bertz CT molecular complexity index is 866. The number of amides is 3. The Labute approximate surface area is 184 Å². The molecule has 0 radical (unpaired) electrons. The molecule has 2 bridgehead atoms.